The number of methoxy groups -OCH3 is 1. The Morgan fingerprint density at radius 2 is 2.32 bits per heavy atom. The predicted octanol–water partition coefficient (Wildman–Crippen LogP) is 0.777. The number of nitrogens with one attached hydrogen (secondary N) is 1. The molecule has 0 saturated carbocycles. The van der Waals surface area contributed by atoms with Crippen molar-refractivity contribution in [1.82, 2.24) is 10.3 Å². The van der Waals surface area contributed by atoms with Gasteiger partial charge in [0.05, 0.1) is 12.8 Å². The van der Waals surface area contributed by atoms with Gasteiger partial charge in [-0.25, -0.2) is 0 Å². The molecule has 1 aliphatic heterocycles. The summed E-state index contributed by atoms with van der Waals surface area (Å²) in [6.07, 6.45) is 2.95. The van der Waals surface area contributed by atoms with E-state index in [1.807, 2.05) is 11.0 Å². The fraction of sp³-hybridized carbons (Fsp3) is 0.538. The normalized spacial score (nSPS) is 19.1. The standard InChI is InChI=1S/C13H20N4O2/c1-15-12(18)10-5-3-4-8-17(10)11-7-6-9(14)13(16-11)19-2/h6-7,10H,3-5,8,14H2,1-2H3,(H,15,18). The monoisotopic (exact) mass is 264 g/mol. The van der Waals surface area contributed by atoms with Crippen LogP contribution >= 0.6 is 0 Å². The van der Waals surface area contributed by atoms with Crippen LogP contribution in [0.4, 0.5) is 11.5 Å². The van der Waals surface area contributed by atoms with Crippen molar-refractivity contribution in [3.05, 3.63) is 12.1 Å². The van der Waals surface area contributed by atoms with Gasteiger partial charge in [-0.2, -0.15) is 4.98 Å². The maximum Gasteiger partial charge on any atom is 0.242 e. The van der Waals surface area contributed by atoms with E-state index in [1.165, 1.54) is 7.11 Å². The summed E-state index contributed by atoms with van der Waals surface area (Å²) in [6.45, 7) is 0.818. The number of likely N-dealkylation sites (N-methyl/N-ethyl adjacent to an activating group) is 1. The number of rotatable bonds is 3. The van der Waals surface area contributed by atoms with Crippen LogP contribution in [0.1, 0.15) is 19.3 Å². The zero-order valence-corrected chi connectivity index (χ0v) is 11.3. The van der Waals surface area contributed by atoms with E-state index in [4.69, 9.17) is 10.5 Å². The summed E-state index contributed by atoms with van der Waals surface area (Å²) >= 11 is 0. The molecular weight excluding hydrogens is 244 g/mol. The van der Waals surface area contributed by atoms with Crippen LogP contribution in [0.5, 0.6) is 5.88 Å². The molecule has 6 nitrogen and oxygen atoms in total. The highest BCUT2D eigenvalue weighted by atomic mass is 16.5. The van der Waals surface area contributed by atoms with Gasteiger partial charge in [0, 0.05) is 13.6 Å². The summed E-state index contributed by atoms with van der Waals surface area (Å²) in [5.74, 6) is 1.16. The molecule has 19 heavy (non-hydrogen) atoms. The Kier molecular flexibility index (Phi) is 4.09. The van der Waals surface area contributed by atoms with E-state index in [0.717, 1.165) is 31.6 Å². The van der Waals surface area contributed by atoms with Gasteiger partial charge in [0.25, 0.3) is 0 Å². The van der Waals surface area contributed by atoms with Crippen molar-refractivity contribution in [2.24, 2.45) is 0 Å². The number of amides is 1. The van der Waals surface area contributed by atoms with Gasteiger partial charge >= 0.3 is 0 Å². The number of carbonyl (C=O) groups is 1. The number of nitrogens with two attached hydrogens (primary N) is 1. The Hall–Kier alpha value is -1.98. The van der Waals surface area contributed by atoms with Crippen LogP contribution in [-0.2, 0) is 4.79 Å². The third-order valence-corrected chi connectivity index (χ3v) is 3.41. The van der Waals surface area contributed by atoms with Gasteiger partial charge in [0.1, 0.15) is 11.9 Å². The zero-order valence-electron chi connectivity index (χ0n) is 11.3. The number of hydrogen-bond donors (Lipinski definition) is 2. The van der Waals surface area contributed by atoms with E-state index < -0.39 is 0 Å². The van der Waals surface area contributed by atoms with Gasteiger partial charge in [0.15, 0.2) is 0 Å². The van der Waals surface area contributed by atoms with E-state index >= 15 is 0 Å². The third-order valence-electron chi connectivity index (χ3n) is 3.41. The van der Waals surface area contributed by atoms with Crippen LogP contribution in [0.2, 0.25) is 0 Å². The summed E-state index contributed by atoms with van der Waals surface area (Å²) in [6, 6.07) is 3.43. The van der Waals surface area contributed by atoms with Crippen molar-refractivity contribution in [2.45, 2.75) is 25.3 Å². The molecule has 1 aromatic rings. The SMILES string of the molecule is CNC(=O)C1CCCCN1c1ccc(N)c(OC)n1. The highest BCUT2D eigenvalue weighted by Crippen LogP contribution is 2.27. The lowest BCUT2D eigenvalue weighted by atomic mass is 10.0. The molecule has 0 aliphatic carbocycles. The molecular formula is C13H20N4O2. The molecule has 1 fully saturated rings. The maximum atomic E-state index is 11.9. The van der Waals surface area contributed by atoms with Crippen molar-refractivity contribution < 1.29 is 9.53 Å². The van der Waals surface area contributed by atoms with Crippen molar-refractivity contribution >= 4 is 17.4 Å². The first-order valence-electron chi connectivity index (χ1n) is 6.46. The number of carbonyl (C=O) groups excluding carboxylic acids is 1. The fourth-order valence-corrected chi connectivity index (χ4v) is 2.41. The molecule has 3 N–H and O–H groups in total. The third kappa shape index (κ3) is 2.72. The molecule has 2 heterocycles. The lowest BCUT2D eigenvalue weighted by Gasteiger charge is -2.35. The van der Waals surface area contributed by atoms with E-state index in [0.29, 0.717) is 11.6 Å². The smallest absolute Gasteiger partial charge is 0.242 e. The molecule has 2 rings (SSSR count). The van der Waals surface area contributed by atoms with Gasteiger partial charge in [0.2, 0.25) is 11.8 Å². The number of ether oxygens (including phenoxy) is 1. The molecule has 1 atom stereocenters. The number of aromatic nitrogens is 1. The number of pyridine rings is 1. The molecule has 1 aliphatic rings. The Bertz CT molecular complexity index is 464. The summed E-state index contributed by atoms with van der Waals surface area (Å²) in [5, 5.41) is 2.71. The Balaban J connectivity index is 2.29. The molecule has 1 amide bonds. The minimum Gasteiger partial charge on any atom is -0.479 e. The fourth-order valence-electron chi connectivity index (χ4n) is 2.41. The minimum atomic E-state index is -0.167. The summed E-state index contributed by atoms with van der Waals surface area (Å²) in [5.41, 5.74) is 6.26. The lowest BCUT2D eigenvalue weighted by Crippen LogP contribution is -2.49. The Morgan fingerprint density at radius 1 is 1.53 bits per heavy atom. The number of nitrogens with zero attached hydrogens (tertiary/aromatic N) is 2. The van der Waals surface area contributed by atoms with Crippen LogP contribution in [-0.4, -0.2) is 37.6 Å². The van der Waals surface area contributed by atoms with Crippen LogP contribution in [0.3, 0.4) is 0 Å². The van der Waals surface area contributed by atoms with Crippen molar-refractivity contribution in [2.75, 3.05) is 31.3 Å². The van der Waals surface area contributed by atoms with Gasteiger partial charge < -0.3 is 20.7 Å². The average molecular weight is 264 g/mol. The minimum absolute atomic E-state index is 0.0253. The number of anilines is 2. The Labute approximate surface area is 112 Å². The van der Waals surface area contributed by atoms with Crippen LogP contribution in [0.15, 0.2) is 12.1 Å². The molecule has 0 spiro atoms. The highest BCUT2D eigenvalue weighted by molar-refractivity contribution is 5.85. The second kappa shape index (κ2) is 5.77. The van der Waals surface area contributed by atoms with E-state index in [9.17, 15) is 4.79 Å². The van der Waals surface area contributed by atoms with Gasteiger partial charge in [-0.3, -0.25) is 4.79 Å². The molecule has 0 radical (unpaired) electrons. The first-order chi connectivity index (χ1) is 9.17. The van der Waals surface area contributed by atoms with Crippen LogP contribution in [0.25, 0.3) is 0 Å². The second-order valence-corrected chi connectivity index (χ2v) is 4.59. The molecule has 1 aromatic heterocycles. The first kappa shape index (κ1) is 13.5. The summed E-state index contributed by atoms with van der Waals surface area (Å²) in [4.78, 5) is 18.3. The number of hydrogen-bond acceptors (Lipinski definition) is 5. The van der Waals surface area contributed by atoms with Gasteiger partial charge in [-0.1, -0.05) is 0 Å². The largest absolute Gasteiger partial charge is 0.479 e. The predicted molar refractivity (Wildman–Crippen MR) is 74.3 cm³/mol. The molecule has 0 aromatic carbocycles. The summed E-state index contributed by atoms with van der Waals surface area (Å²) < 4.78 is 5.14. The number of piperidine rings is 1. The van der Waals surface area contributed by atoms with E-state index in [-0.39, 0.29) is 11.9 Å². The second-order valence-electron chi connectivity index (χ2n) is 4.59. The van der Waals surface area contributed by atoms with Crippen LogP contribution < -0.4 is 20.7 Å². The first-order valence-corrected chi connectivity index (χ1v) is 6.46. The lowest BCUT2D eigenvalue weighted by molar-refractivity contribution is -0.122. The van der Waals surface area contributed by atoms with E-state index in [2.05, 4.69) is 10.3 Å². The molecule has 104 valence electrons. The van der Waals surface area contributed by atoms with Crippen molar-refractivity contribution in [3.63, 3.8) is 0 Å². The highest BCUT2D eigenvalue weighted by Gasteiger charge is 2.29. The topological polar surface area (TPSA) is 80.5 Å². The average Bonchev–Trinajstić information content (AvgIpc) is 2.47. The van der Waals surface area contributed by atoms with Crippen molar-refractivity contribution in [1.29, 1.82) is 0 Å². The zero-order chi connectivity index (χ0) is 13.8. The Morgan fingerprint density at radius 3 is 3.00 bits per heavy atom. The summed E-state index contributed by atoms with van der Waals surface area (Å²) in [7, 11) is 3.20. The van der Waals surface area contributed by atoms with Crippen LogP contribution in [0, 0.1) is 0 Å². The van der Waals surface area contributed by atoms with Gasteiger partial charge in [-0.05, 0) is 31.4 Å². The maximum absolute atomic E-state index is 11.9. The number of nitrogen functional groups attached to an aromatic ring is 1. The van der Waals surface area contributed by atoms with Gasteiger partial charge in [-0.15, -0.1) is 0 Å². The quantitative estimate of drug-likeness (QED) is 0.843. The van der Waals surface area contributed by atoms with Crippen molar-refractivity contribution in [3.8, 4) is 5.88 Å². The molecule has 6 heteroatoms. The molecule has 0 bridgehead atoms. The molecule has 1 saturated heterocycles. The molecule has 1 unspecified atom stereocenters. The van der Waals surface area contributed by atoms with E-state index in [1.54, 1.807) is 13.1 Å².